The average molecular weight is 166 g/mol. The third-order valence-electron chi connectivity index (χ3n) is 1.28. The minimum absolute atomic E-state index is 0.0226. The van der Waals surface area contributed by atoms with Crippen LogP contribution in [0.4, 0.5) is 0 Å². The lowest BCUT2D eigenvalue weighted by molar-refractivity contribution is -0.123. The molecule has 4 nitrogen and oxygen atoms in total. The molecule has 4 heteroatoms. The van der Waals surface area contributed by atoms with Crippen molar-refractivity contribution in [2.45, 2.75) is 0 Å². The SMILES string of the molecule is O=COC(=O)c1ccccc1O. The average Bonchev–Trinajstić information content (AvgIpc) is 2.05. The first kappa shape index (κ1) is 8.26. The van der Waals surface area contributed by atoms with Gasteiger partial charge in [-0.05, 0) is 12.1 Å². The lowest BCUT2D eigenvalue weighted by atomic mass is 10.2. The number of phenols is 1. The summed E-state index contributed by atoms with van der Waals surface area (Å²) in [7, 11) is 0. The number of para-hydroxylation sites is 1. The molecule has 0 aliphatic carbocycles. The summed E-state index contributed by atoms with van der Waals surface area (Å²) in [4.78, 5) is 20.6. The Morgan fingerprint density at radius 1 is 1.42 bits per heavy atom. The molecule has 1 rings (SSSR count). The Morgan fingerprint density at radius 2 is 2.08 bits per heavy atom. The van der Waals surface area contributed by atoms with Crippen LogP contribution in [-0.2, 0) is 9.53 Å². The highest BCUT2D eigenvalue weighted by atomic mass is 16.6. The van der Waals surface area contributed by atoms with Crippen molar-refractivity contribution in [2.24, 2.45) is 0 Å². The molecule has 0 saturated carbocycles. The number of hydrogen-bond acceptors (Lipinski definition) is 4. The lowest BCUT2D eigenvalue weighted by Gasteiger charge is -1.98. The number of esters is 1. The summed E-state index contributed by atoms with van der Waals surface area (Å²) in [6, 6.07) is 5.82. The molecule has 0 aromatic heterocycles. The van der Waals surface area contributed by atoms with Crippen LogP contribution in [0.15, 0.2) is 24.3 Å². The molecule has 0 aliphatic rings. The normalized spacial score (nSPS) is 9.00. The van der Waals surface area contributed by atoms with Crippen LogP contribution in [0.2, 0.25) is 0 Å². The first-order valence-corrected chi connectivity index (χ1v) is 3.18. The Labute approximate surface area is 68.4 Å². The highest BCUT2D eigenvalue weighted by molar-refractivity contribution is 5.95. The first-order valence-electron chi connectivity index (χ1n) is 3.18. The van der Waals surface area contributed by atoms with Gasteiger partial charge in [0.15, 0.2) is 0 Å². The van der Waals surface area contributed by atoms with Gasteiger partial charge in [0.2, 0.25) is 0 Å². The maximum atomic E-state index is 10.9. The number of aromatic hydroxyl groups is 1. The predicted octanol–water partition coefficient (Wildman–Crippen LogP) is 0.705. The molecule has 0 unspecified atom stereocenters. The second-order valence-electron chi connectivity index (χ2n) is 2.02. The van der Waals surface area contributed by atoms with Crippen molar-refractivity contribution in [1.82, 2.24) is 0 Å². The van der Waals surface area contributed by atoms with Gasteiger partial charge in [0.1, 0.15) is 11.3 Å². The van der Waals surface area contributed by atoms with E-state index in [1.54, 1.807) is 12.1 Å². The third kappa shape index (κ3) is 1.60. The summed E-state index contributed by atoms with van der Waals surface area (Å²) >= 11 is 0. The van der Waals surface area contributed by atoms with E-state index in [1.807, 2.05) is 0 Å². The van der Waals surface area contributed by atoms with Gasteiger partial charge in [0.05, 0.1) is 0 Å². The van der Waals surface area contributed by atoms with Crippen molar-refractivity contribution in [1.29, 1.82) is 0 Å². The molecule has 1 aromatic rings. The summed E-state index contributed by atoms with van der Waals surface area (Å²) in [6.45, 7) is 0.0226. The van der Waals surface area contributed by atoms with Crippen molar-refractivity contribution in [2.75, 3.05) is 0 Å². The van der Waals surface area contributed by atoms with Crippen LogP contribution in [0.5, 0.6) is 5.75 Å². The van der Waals surface area contributed by atoms with E-state index in [4.69, 9.17) is 5.11 Å². The Balaban J connectivity index is 2.94. The van der Waals surface area contributed by atoms with Gasteiger partial charge >= 0.3 is 12.4 Å². The largest absolute Gasteiger partial charge is 0.507 e. The van der Waals surface area contributed by atoms with E-state index >= 15 is 0 Å². The molecule has 0 bridgehead atoms. The van der Waals surface area contributed by atoms with Gasteiger partial charge < -0.3 is 9.84 Å². The summed E-state index contributed by atoms with van der Waals surface area (Å²) in [5.74, 6) is -1.06. The predicted molar refractivity (Wildman–Crippen MR) is 39.6 cm³/mol. The van der Waals surface area contributed by atoms with Crippen molar-refractivity contribution >= 4 is 12.4 Å². The minimum atomic E-state index is -0.858. The van der Waals surface area contributed by atoms with Crippen LogP contribution >= 0.6 is 0 Å². The van der Waals surface area contributed by atoms with Gasteiger partial charge in [-0.1, -0.05) is 12.1 Å². The molecule has 12 heavy (non-hydrogen) atoms. The number of phenolic OH excluding ortho intramolecular Hbond substituents is 1. The van der Waals surface area contributed by atoms with Gasteiger partial charge in [-0.25, -0.2) is 4.79 Å². The van der Waals surface area contributed by atoms with Gasteiger partial charge in [0, 0.05) is 0 Å². The molecular weight excluding hydrogens is 160 g/mol. The zero-order chi connectivity index (χ0) is 8.97. The second kappa shape index (κ2) is 3.52. The molecule has 0 saturated heterocycles. The van der Waals surface area contributed by atoms with Gasteiger partial charge in [-0.2, -0.15) is 0 Å². The van der Waals surface area contributed by atoms with Gasteiger partial charge in [-0.3, -0.25) is 4.79 Å². The first-order chi connectivity index (χ1) is 5.75. The smallest absolute Gasteiger partial charge is 0.349 e. The van der Waals surface area contributed by atoms with Crippen LogP contribution in [0.3, 0.4) is 0 Å². The van der Waals surface area contributed by atoms with Gasteiger partial charge in [-0.15, -0.1) is 0 Å². The molecule has 1 aromatic carbocycles. The molecule has 0 atom stereocenters. The van der Waals surface area contributed by atoms with E-state index in [9.17, 15) is 9.59 Å². The molecule has 0 aliphatic heterocycles. The van der Waals surface area contributed by atoms with E-state index in [1.165, 1.54) is 12.1 Å². The van der Waals surface area contributed by atoms with Crippen molar-refractivity contribution in [3.05, 3.63) is 29.8 Å². The number of carbonyl (C=O) groups is 2. The molecule has 0 spiro atoms. The van der Waals surface area contributed by atoms with Gasteiger partial charge in [0.25, 0.3) is 0 Å². The highest BCUT2D eigenvalue weighted by Gasteiger charge is 2.10. The second-order valence-corrected chi connectivity index (χ2v) is 2.02. The van der Waals surface area contributed by atoms with E-state index in [2.05, 4.69) is 4.74 Å². The Hall–Kier alpha value is -1.84. The van der Waals surface area contributed by atoms with Crippen LogP contribution in [0, 0.1) is 0 Å². The lowest BCUT2D eigenvalue weighted by Crippen LogP contribution is -2.03. The van der Waals surface area contributed by atoms with Crippen molar-refractivity contribution in [3.8, 4) is 5.75 Å². The topological polar surface area (TPSA) is 63.6 Å². The van der Waals surface area contributed by atoms with E-state index < -0.39 is 5.97 Å². The van der Waals surface area contributed by atoms with E-state index in [0.29, 0.717) is 0 Å². The maximum Gasteiger partial charge on any atom is 0.349 e. The monoisotopic (exact) mass is 166 g/mol. The minimum Gasteiger partial charge on any atom is -0.507 e. The van der Waals surface area contributed by atoms with Crippen LogP contribution in [-0.4, -0.2) is 17.5 Å². The van der Waals surface area contributed by atoms with Crippen molar-refractivity contribution in [3.63, 3.8) is 0 Å². The standard InChI is InChI=1S/C8H6O4/c9-5-12-8(11)6-3-1-2-4-7(6)10/h1-5,10H. The number of hydrogen-bond donors (Lipinski definition) is 1. The number of rotatable bonds is 2. The summed E-state index contributed by atoms with van der Waals surface area (Å²) in [6.07, 6.45) is 0. The van der Waals surface area contributed by atoms with Crippen molar-refractivity contribution < 1.29 is 19.4 Å². The Kier molecular flexibility index (Phi) is 2.42. The molecule has 0 amide bonds. The fourth-order valence-corrected chi connectivity index (χ4v) is 0.753. The maximum absolute atomic E-state index is 10.9. The zero-order valence-electron chi connectivity index (χ0n) is 6.06. The fraction of sp³-hybridized carbons (Fsp3) is 0. The third-order valence-corrected chi connectivity index (χ3v) is 1.28. The van der Waals surface area contributed by atoms with E-state index in [-0.39, 0.29) is 17.8 Å². The molecule has 62 valence electrons. The summed E-state index contributed by atoms with van der Waals surface area (Å²) < 4.78 is 4.03. The van der Waals surface area contributed by atoms with Crippen LogP contribution in [0.1, 0.15) is 10.4 Å². The molecule has 1 N–H and O–H groups in total. The Morgan fingerprint density at radius 3 is 2.67 bits per heavy atom. The zero-order valence-corrected chi connectivity index (χ0v) is 6.06. The number of ether oxygens (including phenoxy) is 1. The summed E-state index contributed by atoms with van der Waals surface area (Å²) in [5.41, 5.74) is -0.0235. The van der Waals surface area contributed by atoms with Crippen LogP contribution < -0.4 is 0 Å². The summed E-state index contributed by atoms with van der Waals surface area (Å²) in [5, 5.41) is 9.09. The van der Waals surface area contributed by atoms with Crippen LogP contribution in [0.25, 0.3) is 0 Å². The number of benzene rings is 1. The van der Waals surface area contributed by atoms with E-state index in [0.717, 1.165) is 0 Å². The fourth-order valence-electron chi connectivity index (χ4n) is 0.753. The molecule has 0 radical (unpaired) electrons. The molecule has 0 fully saturated rings. The highest BCUT2D eigenvalue weighted by Crippen LogP contribution is 2.15. The Bertz CT molecular complexity index is 306. The molecular formula is C8H6O4. The quantitative estimate of drug-likeness (QED) is 0.399. The molecule has 0 heterocycles. The number of carbonyl (C=O) groups excluding carboxylic acids is 2.